The standard InChI is InChI=1S/C22H22FN3O3S/c1-12-19-20(30-13(2)22(27)24-21(19)26-25-12)15-7-8-17(18(10-15)28-3)29-11-14-5-4-6-16(23)9-14/h4-10,13,20H,11H2,1-3H3,(H2,24,25,26,27). The Bertz CT molecular complexity index is 1090. The van der Waals surface area contributed by atoms with Crippen molar-refractivity contribution in [3.8, 4) is 11.5 Å². The van der Waals surface area contributed by atoms with Gasteiger partial charge in [-0.25, -0.2) is 4.39 Å². The van der Waals surface area contributed by atoms with Gasteiger partial charge >= 0.3 is 0 Å². The van der Waals surface area contributed by atoms with Crippen LogP contribution in [0.25, 0.3) is 0 Å². The second-order valence-electron chi connectivity index (χ2n) is 7.09. The Morgan fingerprint density at radius 1 is 1.20 bits per heavy atom. The molecule has 1 aromatic heterocycles. The number of methoxy groups -OCH3 is 1. The zero-order valence-electron chi connectivity index (χ0n) is 16.9. The van der Waals surface area contributed by atoms with E-state index in [0.717, 1.165) is 22.4 Å². The first-order valence-corrected chi connectivity index (χ1v) is 10.5. The van der Waals surface area contributed by atoms with Gasteiger partial charge in [0.1, 0.15) is 12.4 Å². The molecule has 0 spiro atoms. The summed E-state index contributed by atoms with van der Waals surface area (Å²) < 4.78 is 24.8. The van der Waals surface area contributed by atoms with Crippen molar-refractivity contribution < 1.29 is 18.7 Å². The number of amides is 1. The summed E-state index contributed by atoms with van der Waals surface area (Å²) in [5, 5.41) is 9.76. The van der Waals surface area contributed by atoms with Crippen LogP contribution in [-0.4, -0.2) is 28.5 Å². The number of hydrogen-bond acceptors (Lipinski definition) is 5. The van der Waals surface area contributed by atoms with Crippen LogP contribution in [0.2, 0.25) is 0 Å². The maximum atomic E-state index is 13.4. The highest BCUT2D eigenvalue weighted by Crippen LogP contribution is 2.46. The first-order chi connectivity index (χ1) is 14.5. The average Bonchev–Trinajstić information content (AvgIpc) is 3.03. The summed E-state index contributed by atoms with van der Waals surface area (Å²) >= 11 is 1.56. The molecule has 156 valence electrons. The van der Waals surface area contributed by atoms with Crippen LogP contribution in [0.3, 0.4) is 0 Å². The highest BCUT2D eigenvalue weighted by molar-refractivity contribution is 8.01. The molecule has 2 unspecified atom stereocenters. The van der Waals surface area contributed by atoms with Gasteiger partial charge in [0.2, 0.25) is 5.91 Å². The zero-order chi connectivity index (χ0) is 21.3. The molecule has 4 rings (SSSR count). The van der Waals surface area contributed by atoms with Crippen molar-refractivity contribution in [2.45, 2.75) is 31.0 Å². The summed E-state index contributed by atoms with van der Waals surface area (Å²) in [7, 11) is 1.58. The number of aromatic nitrogens is 2. The topological polar surface area (TPSA) is 76.2 Å². The molecule has 1 amide bonds. The molecule has 0 bridgehead atoms. The molecule has 2 heterocycles. The molecular formula is C22H22FN3O3S. The van der Waals surface area contributed by atoms with E-state index in [4.69, 9.17) is 9.47 Å². The van der Waals surface area contributed by atoms with E-state index in [-0.39, 0.29) is 28.8 Å². The van der Waals surface area contributed by atoms with Crippen LogP contribution in [0, 0.1) is 12.7 Å². The minimum Gasteiger partial charge on any atom is -0.493 e. The number of benzene rings is 2. The number of rotatable bonds is 5. The Balaban J connectivity index is 1.63. The first kappa shape index (κ1) is 20.3. The molecule has 1 aliphatic rings. The molecule has 2 aromatic carbocycles. The maximum Gasteiger partial charge on any atom is 0.238 e. The largest absolute Gasteiger partial charge is 0.493 e. The van der Waals surface area contributed by atoms with Crippen LogP contribution in [-0.2, 0) is 11.4 Å². The Hall–Kier alpha value is -3.00. The van der Waals surface area contributed by atoms with E-state index in [1.165, 1.54) is 12.1 Å². The third kappa shape index (κ3) is 4.00. The van der Waals surface area contributed by atoms with Gasteiger partial charge in [-0.15, -0.1) is 11.8 Å². The third-order valence-corrected chi connectivity index (χ3v) is 6.38. The molecule has 0 aliphatic carbocycles. The lowest BCUT2D eigenvalue weighted by Gasteiger charge is -2.19. The minimum absolute atomic E-state index is 0.0720. The summed E-state index contributed by atoms with van der Waals surface area (Å²) in [5.74, 6) is 1.33. The van der Waals surface area contributed by atoms with Gasteiger partial charge in [-0.1, -0.05) is 18.2 Å². The summed E-state index contributed by atoms with van der Waals surface area (Å²) in [6.45, 7) is 4.05. The fourth-order valence-electron chi connectivity index (χ4n) is 3.41. The van der Waals surface area contributed by atoms with Gasteiger partial charge < -0.3 is 14.8 Å². The minimum atomic E-state index is -0.299. The van der Waals surface area contributed by atoms with E-state index in [1.54, 1.807) is 31.0 Å². The maximum absolute atomic E-state index is 13.4. The van der Waals surface area contributed by atoms with Gasteiger partial charge in [0.15, 0.2) is 17.3 Å². The van der Waals surface area contributed by atoms with Crippen LogP contribution in [0.5, 0.6) is 11.5 Å². The second kappa shape index (κ2) is 8.39. The predicted octanol–water partition coefficient (Wildman–Crippen LogP) is 4.61. The van der Waals surface area contributed by atoms with Gasteiger partial charge in [-0.05, 0) is 49.2 Å². The highest BCUT2D eigenvalue weighted by atomic mass is 32.2. The van der Waals surface area contributed by atoms with Crippen molar-refractivity contribution in [1.29, 1.82) is 0 Å². The van der Waals surface area contributed by atoms with Crippen LogP contribution >= 0.6 is 11.8 Å². The number of nitrogens with zero attached hydrogens (tertiary/aromatic N) is 1. The van der Waals surface area contributed by atoms with E-state index >= 15 is 0 Å². The molecule has 3 aromatic rings. The average molecular weight is 428 g/mol. The molecule has 2 atom stereocenters. The number of carbonyl (C=O) groups excluding carboxylic acids is 1. The fraction of sp³-hybridized carbons (Fsp3) is 0.273. The zero-order valence-corrected chi connectivity index (χ0v) is 17.7. The Morgan fingerprint density at radius 3 is 2.80 bits per heavy atom. The number of aromatic amines is 1. The number of carbonyl (C=O) groups is 1. The van der Waals surface area contributed by atoms with Gasteiger partial charge in [-0.2, -0.15) is 5.10 Å². The predicted molar refractivity (Wildman–Crippen MR) is 115 cm³/mol. The molecule has 1 aliphatic heterocycles. The number of H-pyrrole nitrogens is 1. The van der Waals surface area contributed by atoms with Gasteiger partial charge in [0, 0.05) is 11.3 Å². The number of fused-ring (bicyclic) bond motifs is 1. The normalized spacial score (nSPS) is 18.3. The van der Waals surface area contributed by atoms with Crippen molar-refractivity contribution >= 4 is 23.5 Å². The van der Waals surface area contributed by atoms with Crippen molar-refractivity contribution in [3.63, 3.8) is 0 Å². The SMILES string of the molecule is COc1cc(C2SC(C)C(=O)Nc3n[nH]c(C)c32)ccc1OCc1cccc(F)c1. The number of halogens is 1. The molecular weight excluding hydrogens is 405 g/mol. The van der Waals surface area contributed by atoms with Crippen LogP contribution < -0.4 is 14.8 Å². The molecule has 0 saturated heterocycles. The summed E-state index contributed by atoms with van der Waals surface area (Å²) in [4.78, 5) is 12.3. The van der Waals surface area contributed by atoms with Crippen LogP contribution in [0.4, 0.5) is 10.2 Å². The van der Waals surface area contributed by atoms with E-state index in [0.29, 0.717) is 17.3 Å². The van der Waals surface area contributed by atoms with Crippen molar-refractivity contribution in [2.75, 3.05) is 12.4 Å². The molecule has 2 N–H and O–H groups in total. The Morgan fingerprint density at radius 2 is 2.03 bits per heavy atom. The van der Waals surface area contributed by atoms with E-state index in [2.05, 4.69) is 15.5 Å². The van der Waals surface area contributed by atoms with Crippen molar-refractivity contribution in [3.05, 3.63) is 70.7 Å². The van der Waals surface area contributed by atoms with Gasteiger partial charge in [0.05, 0.1) is 17.6 Å². The van der Waals surface area contributed by atoms with Crippen LogP contribution in [0.15, 0.2) is 42.5 Å². The van der Waals surface area contributed by atoms with Crippen molar-refractivity contribution in [2.24, 2.45) is 0 Å². The number of thioether (sulfide) groups is 1. The molecule has 8 heteroatoms. The lowest BCUT2D eigenvalue weighted by atomic mass is 10.0. The number of aryl methyl sites for hydroxylation is 1. The Kier molecular flexibility index (Phi) is 5.67. The number of nitrogens with one attached hydrogen (secondary N) is 2. The lowest BCUT2D eigenvalue weighted by Crippen LogP contribution is -2.21. The summed E-state index contributed by atoms with van der Waals surface area (Å²) in [6, 6.07) is 12.0. The quantitative estimate of drug-likeness (QED) is 0.622. The molecule has 30 heavy (non-hydrogen) atoms. The second-order valence-corrected chi connectivity index (χ2v) is 8.54. The Labute approximate surface area is 178 Å². The third-order valence-electron chi connectivity index (χ3n) is 4.98. The summed E-state index contributed by atoms with van der Waals surface area (Å²) in [5.41, 5.74) is 3.57. The number of hydrogen-bond donors (Lipinski definition) is 2. The first-order valence-electron chi connectivity index (χ1n) is 9.52. The number of ether oxygens (including phenoxy) is 2. The van der Waals surface area contributed by atoms with Gasteiger partial charge in [-0.3, -0.25) is 9.89 Å². The molecule has 0 fully saturated rings. The fourth-order valence-corrected chi connectivity index (χ4v) is 4.72. The van der Waals surface area contributed by atoms with E-state index < -0.39 is 0 Å². The monoisotopic (exact) mass is 427 g/mol. The highest BCUT2D eigenvalue weighted by Gasteiger charge is 2.32. The van der Waals surface area contributed by atoms with Gasteiger partial charge in [0.25, 0.3) is 0 Å². The van der Waals surface area contributed by atoms with E-state index in [9.17, 15) is 9.18 Å². The lowest BCUT2D eigenvalue weighted by molar-refractivity contribution is -0.115. The van der Waals surface area contributed by atoms with Crippen LogP contribution in [0.1, 0.15) is 34.6 Å². The van der Waals surface area contributed by atoms with Crippen molar-refractivity contribution in [1.82, 2.24) is 10.2 Å². The summed E-state index contributed by atoms with van der Waals surface area (Å²) in [6.07, 6.45) is 0. The number of anilines is 1. The molecule has 0 saturated carbocycles. The molecule has 0 radical (unpaired) electrons. The van der Waals surface area contributed by atoms with E-state index in [1.807, 2.05) is 32.0 Å². The smallest absolute Gasteiger partial charge is 0.238 e. The molecule has 6 nitrogen and oxygen atoms in total.